The molecule has 0 aromatic heterocycles. The van der Waals surface area contributed by atoms with Crippen LogP contribution < -0.4 is 0 Å². The molecule has 6 heteroatoms. The largest absolute Gasteiger partial charge is 0.388 e. The van der Waals surface area contributed by atoms with Gasteiger partial charge in [-0.15, -0.1) is 0 Å². The lowest BCUT2D eigenvalue weighted by Gasteiger charge is -2.13. The molecule has 20 heavy (non-hydrogen) atoms. The van der Waals surface area contributed by atoms with Crippen molar-refractivity contribution in [3.63, 3.8) is 0 Å². The first-order chi connectivity index (χ1) is 9.50. The number of nitro groups is 1. The Hall–Kier alpha value is -1.79. The Kier molecular flexibility index (Phi) is 4.46. The highest BCUT2D eigenvalue weighted by Gasteiger charge is 2.19. The molecule has 2 aromatic carbocycles. The lowest BCUT2D eigenvalue weighted by molar-refractivity contribution is -0.385. The van der Waals surface area contributed by atoms with E-state index in [0.717, 1.165) is 0 Å². The molecule has 2 rings (SSSR count). The van der Waals surface area contributed by atoms with Crippen LogP contribution in [0.4, 0.5) is 10.1 Å². The fourth-order valence-corrected chi connectivity index (χ4v) is 2.49. The predicted molar refractivity (Wildman–Crippen MR) is 75.9 cm³/mol. The van der Waals surface area contributed by atoms with Crippen molar-refractivity contribution in [2.75, 3.05) is 0 Å². The minimum Gasteiger partial charge on any atom is -0.388 e. The van der Waals surface area contributed by atoms with Gasteiger partial charge >= 0.3 is 0 Å². The van der Waals surface area contributed by atoms with Crippen LogP contribution >= 0.6 is 15.9 Å². The quantitative estimate of drug-likeness (QED) is 0.681. The van der Waals surface area contributed by atoms with E-state index in [-0.39, 0.29) is 16.6 Å². The van der Waals surface area contributed by atoms with Gasteiger partial charge in [0.2, 0.25) is 0 Å². The highest BCUT2D eigenvalue weighted by atomic mass is 79.9. The van der Waals surface area contributed by atoms with E-state index in [1.165, 1.54) is 18.2 Å². The zero-order valence-electron chi connectivity index (χ0n) is 10.3. The first kappa shape index (κ1) is 14.6. The maximum absolute atomic E-state index is 13.4. The van der Waals surface area contributed by atoms with Gasteiger partial charge in [-0.2, -0.15) is 0 Å². The van der Waals surface area contributed by atoms with Gasteiger partial charge in [-0.3, -0.25) is 10.1 Å². The van der Waals surface area contributed by atoms with Crippen LogP contribution in [0.3, 0.4) is 0 Å². The Labute approximate surface area is 123 Å². The van der Waals surface area contributed by atoms with Crippen LogP contribution in [0.15, 0.2) is 46.9 Å². The number of hydrogen-bond donors (Lipinski definition) is 1. The Morgan fingerprint density at radius 2 is 1.95 bits per heavy atom. The van der Waals surface area contributed by atoms with E-state index >= 15 is 0 Å². The molecular formula is C14H11BrFNO3. The van der Waals surface area contributed by atoms with Gasteiger partial charge < -0.3 is 5.11 Å². The van der Waals surface area contributed by atoms with E-state index in [1.54, 1.807) is 24.3 Å². The Balaban J connectivity index is 2.30. The molecule has 0 bridgehead atoms. The smallest absolute Gasteiger partial charge is 0.272 e. The topological polar surface area (TPSA) is 63.4 Å². The van der Waals surface area contributed by atoms with Crippen molar-refractivity contribution in [2.45, 2.75) is 12.5 Å². The summed E-state index contributed by atoms with van der Waals surface area (Å²) < 4.78 is 13.6. The minimum absolute atomic E-state index is 0.0409. The number of aliphatic hydroxyl groups is 1. The summed E-state index contributed by atoms with van der Waals surface area (Å²) in [5, 5.41) is 21.1. The van der Waals surface area contributed by atoms with Crippen molar-refractivity contribution >= 4 is 21.6 Å². The molecule has 0 saturated heterocycles. The van der Waals surface area contributed by atoms with Crippen LogP contribution in [-0.4, -0.2) is 10.0 Å². The van der Waals surface area contributed by atoms with Gasteiger partial charge in [-0.25, -0.2) is 4.39 Å². The number of benzene rings is 2. The Morgan fingerprint density at radius 3 is 2.65 bits per heavy atom. The van der Waals surface area contributed by atoms with Crippen molar-refractivity contribution in [3.8, 4) is 0 Å². The van der Waals surface area contributed by atoms with Gasteiger partial charge in [0.25, 0.3) is 5.69 Å². The lowest BCUT2D eigenvalue weighted by atomic mass is 10.00. The van der Waals surface area contributed by atoms with Gasteiger partial charge in [-0.1, -0.05) is 30.3 Å². The lowest BCUT2D eigenvalue weighted by Crippen LogP contribution is -2.05. The summed E-state index contributed by atoms with van der Waals surface area (Å²) in [6, 6.07) is 10.5. The summed E-state index contributed by atoms with van der Waals surface area (Å²) in [5.41, 5.74) is 0.711. The van der Waals surface area contributed by atoms with E-state index in [0.29, 0.717) is 11.1 Å². The molecule has 0 aliphatic carbocycles. The fourth-order valence-electron chi connectivity index (χ4n) is 1.96. The van der Waals surface area contributed by atoms with Crippen molar-refractivity contribution < 1.29 is 14.4 Å². The zero-order chi connectivity index (χ0) is 14.7. The molecule has 0 fully saturated rings. The second kappa shape index (κ2) is 6.11. The first-order valence-electron chi connectivity index (χ1n) is 5.85. The van der Waals surface area contributed by atoms with Gasteiger partial charge in [0.05, 0.1) is 15.5 Å². The van der Waals surface area contributed by atoms with E-state index in [4.69, 9.17) is 0 Å². The van der Waals surface area contributed by atoms with Crippen molar-refractivity contribution in [1.82, 2.24) is 0 Å². The van der Waals surface area contributed by atoms with Gasteiger partial charge in [-0.05, 0) is 27.6 Å². The van der Waals surface area contributed by atoms with E-state index in [1.807, 2.05) is 0 Å². The van der Waals surface area contributed by atoms with E-state index in [2.05, 4.69) is 15.9 Å². The molecule has 0 radical (unpaired) electrons. The van der Waals surface area contributed by atoms with Crippen LogP contribution in [0.25, 0.3) is 0 Å². The third kappa shape index (κ3) is 3.02. The summed E-state index contributed by atoms with van der Waals surface area (Å²) >= 11 is 3.07. The number of nitro benzene ring substituents is 1. The van der Waals surface area contributed by atoms with Crippen LogP contribution in [0.2, 0.25) is 0 Å². The maximum Gasteiger partial charge on any atom is 0.272 e. The highest BCUT2D eigenvalue weighted by molar-refractivity contribution is 9.10. The Bertz CT molecular complexity index is 648. The average Bonchev–Trinajstić information content (AvgIpc) is 2.42. The summed E-state index contributed by atoms with van der Waals surface area (Å²) in [7, 11) is 0. The predicted octanol–water partition coefficient (Wildman–Crippen LogP) is 3.77. The van der Waals surface area contributed by atoms with E-state index in [9.17, 15) is 19.6 Å². The minimum atomic E-state index is -1.03. The van der Waals surface area contributed by atoms with Gasteiger partial charge in [0.15, 0.2) is 0 Å². The average molecular weight is 340 g/mol. The van der Waals surface area contributed by atoms with Crippen LogP contribution in [-0.2, 0) is 6.42 Å². The van der Waals surface area contributed by atoms with Gasteiger partial charge in [0.1, 0.15) is 5.82 Å². The second-order valence-electron chi connectivity index (χ2n) is 4.25. The zero-order valence-corrected chi connectivity index (χ0v) is 11.9. The molecule has 0 spiro atoms. The molecule has 2 aromatic rings. The second-order valence-corrected chi connectivity index (χ2v) is 5.04. The maximum atomic E-state index is 13.4. The van der Waals surface area contributed by atoms with Crippen LogP contribution in [0.5, 0.6) is 0 Å². The number of nitrogens with zero attached hydrogens (tertiary/aromatic N) is 1. The number of hydrogen-bond acceptors (Lipinski definition) is 3. The molecule has 1 N–H and O–H groups in total. The van der Waals surface area contributed by atoms with Crippen LogP contribution in [0.1, 0.15) is 17.2 Å². The SMILES string of the molecule is O=[N+]([O-])c1ccccc1CC(O)c1cccc(F)c1Br. The molecule has 4 nitrogen and oxygen atoms in total. The molecule has 1 atom stereocenters. The first-order valence-corrected chi connectivity index (χ1v) is 6.64. The summed E-state index contributed by atoms with van der Waals surface area (Å²) in [4.78, 5) is 10.4. The highest BCUT2D eigenvalue weighted by Crippen LogP contribution is 2.30. The molecular weight excluding hydrogens is 329 g/mol. The third-order valence-electron chi connectivity index (χ3n) is 2.94. The molecule has 0 amide bonds. The fraction of sp³-hybridized carbons (Fsp3) is 0.143. The van der Waals surface area contributed by atoms with Crippen molar-refractivity contribution in [1.29, 1.82) is 0 Å². The Morgan fingerprint density at radius 1 is 1.25 bits per heavy atom. The third-order valence-corrected chi connectivity index (χ3v) is 3.78. The summed E-state index contributed by atoms with van der Waals surface area (Å²) in [6.45, 7) is 0. The monoisotopic (exact) mass is 339 g/mol. The molecule has 0 saturated carbocycles. The van der Waals surface area contributed by atoms with Crippen molar-refractivity contribution in [3.05, 3.63) is 74.0 Å². The summed E-state index contributed by atoms with van der Waals surface area (Å²) in [5.74, 6) is -0.482. The molecule has 0 aliphatic heterocycles. The standard InChI is InChI=1S/C14H11BrFNO3/c15-14-10(5-3-6-11(14)16)13(18)8-9-4-1-2-7-12(9)17(19)20/h1-7,13,18H,8H2. The number of aliphatic hydroxyl groups excluding tert-OH is 1. The molecule has 104 valence electrons. The molecule has 1 unspecified atom stereocenters. The van der Waals surface area contributed by atoms with Crippen molar-refractivity contribution in [2.24, 2.45) is 0 Å². The number of rotatable bonds is 4. The van der Waals surface area contributed by atoms with Gasteiger partial charge in [0, 0.05) is 18.1 Å². The molecule has 0 heterocycles. The van der Waals surface area contributed by atoms with Crippen LogP contribution in [0, 0.1) is 15.9 Å². The number of halogens is 2. The number of para-hydroxylation sites is 1. The van der Waals surface area contributed by atoms with E-state index < -0.39 is 16.8 Å². The normalized spacial score (nSPS) is 12.2. The molecule has 0 aliphatic rings. The summed E-state index contributed by atoms with van der Waals surface area (Å²) in [6.07, 6.45) is -0.986.